The van der Waals surface area contributed by atoms with Crippen molar-refractivity contribution < 1.29 is 9.90 Å². The minimum Gasteiger partial charge on any atom is -0.508 e. The van der Waals surface area contributed by atoms with Gasteiger partial charge < -0.3 is 10.4 Å². The van der Waals surface area contributed by atoms with E-state index >= 15 is 0 Å². The van der Waals surface area contributed by atoms with E-state index in [2.05, 4.69) is 29.2 Å². The number of hydrogen-bond donors (Lipinski definition) is 2. The predicted molar refractivity (Wildman–Crippen MR) is 96.7 cm³/mol. The Hall–Kier alpha value is -2.28. The smallest absolute Gasteiger partial charge is 0.227 e. The van der Waals surface area contributed by atoms with Crippen molar-refractivity contribution in [1.82, 2.24) is 14.8 Å². The zero-order valence-electron chi connectivity index (χ0n) is 14.4. The maximum Gasteiger partial charge on any atom is 0.227 e. The van der Waals surface area contributed by atoms with Gasteiger partial charge >= 0.3 is 0 Å². The summed E-state index contributed by atoms with van der Waals surface area (Å²) in [5.74, 6) is 0.939. The highest BCUT2D eigenvalue weighted by atomic mass is 32.2. The molecule has 7 heteroatoms. The SMILES string of the molecule is CSc1nc2n(n1)C(c1cccc(O)c1)C1=C(CC(C)(C)CC1=O)N2. The first-order valence-corrected chi connectivity index (χ1v) is 9.43. The third-order valence-corrected chi connectivity index (χ3v) is 5.22. The van der Waals surface area contributed by atoms with E-state index in [1.807, 2.05) is 12.3 Å². The first-order chi connectivity index (χ1) is 11.9. The Morgan fingerprint density at radius 3 is 2.88 bits per heavy atom. The van der Waals surface area contributed by atoms with E-state index in [4.69, 9.17) is 0 Å². The molecule has 1 aliphatic carbocycles. The van der Waals surface area contributed by atoms with Gasteiger partial charge in [0, 0.05) is 17.7 Å². The first-order valence-electron chi connectivity index (χ1n) is 8.21. The lowest BCUT2D eigenvalue weighted by Crippen LogP contribution is -2.36. The van der Waals surface area contributed by atoms with Gasteiger partial charge in [0.05, 0.1) is 0 Å². The summed E-state index contributed by atoms with van der Waals surface area (Å²) in [7, 11) is 0. The highest BCUT2D eigenvalue weighted by Gasteiger charge is 2.41. The minimum absolute atomic E-state index is 0.0865. The van der Waals surface area contributed by atoms with Crippen LogP contribution >= 0.6 is 11.8 Å². The molecule has 1 aromatic heterocycles. The number of benzene rings is 1. The second kappa shape index (κ2) is 5.62. The Morgan fingerprint density at radius 1 is 1.36 bits per heavy atom. The third-order valence-electron chi connectivity index (χ3n) is 4.68. The summed E-state index contributed by atoms with van der Waals surface area (Å²) >= 11 is 1.46. The maximum absolute atomic E-state index is 13.0. The highest BCUT2D eigenvalue weighted by Crippen LogP contribution is 2.45. The molecule has 2 N–H and O–H groups in total. The fourth-order valence-electron chi connectivity index (χ4n) is 3.68. The van der Waals surface area contributed by atoms with Gasteiger partial charge in [-0.25, -0.2) is 4.68 Å². The summed E-state index contributed by atoms with van der Waals surface area (Å²) in [4.78, 5) is 17.5. The van der Waals surface area contributed by atoms with Gasteiger partial charge in [0.1, 0.15) is 11.8 Å². The van der Waals surface area contributed by atoms with Crippen molar-refractivity contribution in [3.05, 3.63) is 41.1 Å². The summed E-state index contributed by atoms with van der Waals surface area (Å²) in [6, 6.07) is 6.66. The number of phenolic OH excluding ortho intramolecular Hbond substituents is 1. The molecule has 2 aromatic rings. The van der Waals surface area contributed by atoms with E-state index in [0.717, 1.165) is 23.3 Å². The number of thioether (sulfide) groups is 1. The molecule has 1 atom stereocenters. The topological polar surface area (TPSA) is 80.0 Å². The minimum atomic E-state index is -0.365. The van der Waals surface area contributed by atoms with Crippen LogP contribution in [0.4, 0.5) is 5.95 Å². The van der Waals surface area contributed by atoms with Gasteiger partial charge in [0.25, 0.3) is 0 Å². The fourth-order valence-corrected chi connectivity index (χ4v) is 4.03. The van der Waals surface area contributed by atoms with E-state index in [-0.39, 0.29) is 23.0 Å². The lowest BCUT2D eigenvalue weighted by Gasteiger charge is -2.38. The van der Waals surface area contributed by atoms with Crippen LogP contribution in [0.5, 0.6) is 5.75 Å². The number of hydrogen-bond acceptors (Lipinski definition) is 6. The molecule has 0 saturated carbocycles. The van der Waals surface area contributed by atoms with Crippen LogP contribution in [0.2, 0.25) is 0 Å². The third kappa shape index (κ3) is 2.72. The molecule has 0 bridgehead atoms. The van der Waals surface area contributed by atoms with E-state index < -0.39 is 0 Å². The van der Waals surface area contributed by atoms with Crippen molar-refractivity contribution in [2.75, 3.05) is 11.6 Å². The second-order valence-electron chi connectivity index (χ2n) is 7.32. The van der Waals surface area contributed by atoms with Crippen molar-refractivity contribution >= 4 is 23.5 Å². The van der Waals surface area contributed by atoms with Crippen LogP contribution in [0.3, 0.4) is 0 Å². The number of Topliss-reactive ketones (excluding diaryl/α,β-unsaturated/α-hetero) is 1. The molecular weight excluding hydrogens is 336 g/mol. The summed E-state index contributed by atoms with van der Waals surface area (Å²) in [5.41, 5.74) is 2.40. The summed E-state index contributed by atoms with van der Waals surface area (Å²) in [5, 5.41) is 18.5. The lowest BCUT2D eigenvalue weighted by molar-refractivity contribution is -0.118. The number of phenols is 1. The summed E-state index contributed by atoms with van der Waals surface area (Å²) < 4.78 is 1.76. The first kappa shape index (κ1) is 16.2. The Balaban J connectivity index is 1.92. The van der Waals surface area contributed by atoms with Gasteiger partial charge in [0.15, 0.2) is 5.78 Å². The number of anilines is 1. The van der Waals surface area contributed by atoms with Crippen LogP contribution in [0.15, 0.2) is 40.7 Å². The summed E-state index contributed by atoms with van der Waals surface area (Å²) in [6.45, 7) is 4.21. The maximum atomic E-state index is 13.0. The largest absolute Gasteiger partial charge is 0.508 e. The normalized spacial score (nSPS) is 21.6. The number of ketones is 1. The van der Waals surface area contributed by atoms with Crippen molar-refractivity contribution in [1.29, 1.82) is 0 Å². The van der Waals surface area contributed by atoms with Crippen molar-refractivity contribution in [2.24, 2.45) is 5.41 Å². The van der Waals surface area contributed by atoms with Crippen molar-refractivity contribution in [3.8, 4) is 5.75 Å². The molecule has 25 heavy (non-hydrogen) atoms. The number of aromatic hydroxyl groups is 1. The van der Waals surface area contributed by atoms with Crippen molar-refractivity contribution in [2.45, 2.75) is 37.9 Å². The molecule has 0 radical (unpaired) electrons. The summed E-state index contributed by atoms with van der Waals surface area (Å²) in [6.07, 6.45) is 3.21. The number of carbonyl (C=O) groups is 1. The number of nitrogens with one attached hydrogen (secondary N) is 1. The molecule has 0 saturated heterocycles. The van der Waals surface area contributed by atoms with Crippen LogP contribution in [0, 0.1) is 5.41 Å². The van der Waals surface area contributed by atoms with Crippen LogP contribution in [0.1, 0.15) is 38.3 Å². The van der Waals surface area contributed by atoms with Gasteiger partial charge in [-0.15, -0.1) is 5.10 Å². The van der Waals surface area contributed by atoms with Gasteiger partial charge in [-0.1, -0.05) is 37.7 Å². The van der Waals surface area contributed by atoms with Gasteiger partial charge in [-0.2, -0.15) is 4.98 Å². The number of fused-ring (bicyclic) bond motifs is 1. The van der Waals surface area contributed by atoms with Crippen LogP contribution in [-0.4, -0.2) is 31.9 Å². The molecule has 0 amide bonds. The molecule has 0 fully saturated rings. The quantitative estimate of drug-likeness (QED) is 0.803. The highest BCUT2D eigenvalue weighted by molar-refractivity contribution is 7.98. The van der Waals surface area contributed by atoms with Crippen LogP contribution in [0.25, 0.3) is 0 Å². The molecule has 2 aliphatic rings. The van der Waals surface area contributed by atoms with E-state index in [1.165, 1.54) is 11.8 Å². The molecule has 6 nitrogen and oxygen atoms in total. The molecule has 130 valence electrons. The molecule has 1 aliphatic heterocycles. The Bertz CT molecular complexity index is 900. The monoisotopic (exact) mass is 356 g/mol. The Kier molecular flexibility index (Phi) is 3.64. The van der Waals surface area contributed by atoms with E-state index in [1.54, 1.807) is 22.9 Å². The molecular formula is C18H20N4O2S. The molecule has 2 heterocycles. The van der Waals surface area contributed by atoms with Gasteiger partial charge in [-0.05, 0) is 35.8 Å². The average Bonchev–Trinajstić information content (AvgIpc) is 2.94. The zero-order chi connectivity index (χ0) is 17.8. The van der Waals surface area contributed by atoms with Crippen molar-refractivity contribution in [3.63, 3.8) is 0 Å². The molecule has 1 unspecified atom stereocenters. The Labute approximate surface area is 150 Å². The number of allylic oxidation sites excluding steroid dienone is 2. The average molecular weight is 356 g/mol. The zero-order valence-corrected chi connectivity index (χ0v) is 15.2. The number of nitrogens with zero attached hydrogens (tertiary/aromatic N) is 3. The standard InChI is InChI=1S/C18H20N4O2S/c1-18(2)8-12-14(13(24)9-18)15(10-5-4-6-11(23)7-10)22-16(19-12)20-17(21-22)25-3/h4-7,15,23H,8-9H2,1-3H3,(H,19,20,21). The van der Waals surface area contributed by atoms with E-state index in [0.29, 0.717) is 17.5 Å². The molecule has 0 spiro atoms. The van der Waals surface area contributed by atoms with Crippen LogP contribution < -0.4 is 5.32 Å². The number of rotatable bonds is 2. The van der Waals surface area contributed by atoms with Gasteiger partial charge in [0.2, 0.25) is 11.1 Å². The number of carbonyl (C=O) groups excluding carboxylic acids is 1. The number of aromatic nitrogens is 3. The van der Waals surface area contributed by atoms with Crippen LogP contribution in [-0.2, 0) is 4.79 Å². The van der Waals surface area contributed by atoms with Gasteiger partial charge in [-0.3, -0.25) is 4.79 Å². The lowest BCUT2D eigenvalue weighted by atomic mass is 9.73. The Morgan fingerprint density at radius 2 is 2.16 bits per heavy atom. The fraction of sp³-hybridized carbons (Fsp3) is 0.389. The molecule has 4 rings (SSSR count). The molecule has 1 aromatic carbocycles. The van der Waals surface area contributed by atoms with E-state index in [9.17, 15) is 9.90 Å². The second-order valence-corrected chi connectivity index (χ2v) is 8.10. The predicted octanol–water partition coefficient (Wildman–Crippen LogP) is 3.36.